The van der Waals surface area contributed by atoms with Crippen molar-refractivity contribution < 1.29 is 17.9 Å². The van der Waals surface area contributed by atoms with E-state index in [0.717, 1.165) is 19.4 Å². The summed E-state index contributed by atoms with van der Waals surface area (Å²) in [6.07, 6.45) is 3.17. The first-order valence-corrected chi connectivity index (χ1v) is 9.97. The third-order valence-corrected chi connectivity index (χ3v) is 6.63. The zero-order valence-electron chi connectivity index (χ0n) is 13.3. The predicted molar refractivity (Wildman–Crippen MR) is 90.3 cm³/mol. The van der Waals surface area contributed by atoms with Gasteiger partial charge in [0.05, 0.1) is 11.0 Å². The molecule has 1 N–H and O–H groups in total. The minimum atomic E-state index is -3.70. The number of ether oxygens (including phenoxy) is 1. The highest BCUT2D eigenvalue weighted by molar-refractivity contribution is 7.89. The van der Waals surface area contributed by atoms with Gasteiger partial charge < -0.3 is 10.1 Å². The maximum Gasteiger partial charge on any atom is 0.243 e. The van der Waals surface area contributed by atoms with E-state index >= 15 is 0 Å². The molecule has 2 saturated heterocycles. The van der Waals surface area contributed by atoms with Crippen LogP contribution in [0, 0.1) is 0 Å². The van der Waals surface area contributed by atoms with Gasteiger partial charge in [-0.3, -0.25) is 4.79 Å². The Hall–Kier alpha value is -1.15. The molecule has 1 aromatic rings. The van der Waals surface area contributed by atoms with Gasteiger partial charge in [0, 0.05) is 24.7 Å². The molecule has 2 atom stereocenters. The van der Waals surface area contributed by atoms with E-state index in [9.17, 15) is 13.2 Å². The molecule has 1 aromatic carbocycles. The van der Waals surface area contributed by atoms with Crippen LogP contribution in [0.4, 0.5) is 0 Å². The van der Waals surface area contributed by atoms with Crippen molar-refractivity contribution in [3.05, 3.63) is 29.3 Å². The van der Waals surface area contributed by atoms with Crippen LogP contribution in [0.5, 0.6) is 0 Å². The fourth-order valence-corrected chi connectivity index (χ4v) is 4.95. The van der Waals surface area contributed by atoms with Crippen LogP contribution in [0.1, 0.15) is 25.7 Å². The summed E-state index contributed by atoms with van der Waals surface area (Å²) in [6.45, 7) is 1.51. The second kappa shape index (κ2) is 7.39. The first kappa shape index (κ1) is 17.7. The molecule has 24 heavy (non-hydrogen) atoms. The average Bonchev–Trinajstić information content (AvgIpc) is 3.24. The largest absolute Gasteiger partial charge is 0.376 e. The molecule has 1 amide bonds. The van der Waals surface area contributed by atoms with Crippen molar-refractivity contribution in [3.63, 3.8) is 0 Å². The van der Waals surface area contributed by atoms with Crippen LogP contribution in [0.15, 0.2) is 29.2 Å². The van der Waals surface area contributed by atoms with Crippen molar-refractivity contribution in [3.8, 4) is 0 Å². The van der Waals surface area contributed by atoms with E-state index in [1.807, 2.05) is 0 Å². The van der Waals surface area contributed by atoms with Gasteiger partial charge in [-0.1, -0.05) is 11.6 Å². The Labute approximate surface area is 147 Å². The molecule has 0 aromatic heterocycles. The molecule has 0 radical (unpaired) electrons. The molecular weight excluding hydrogens is 352 g/mol. The number of nitrogens with zero attached hydrogens (tertiary/aromatic N) is 1. The second-order valence-corrected chi connectivity index (χ2v) is 8.43. The molecule has 0 saturated carbocycles. The lowest BCUT2D eigenvalue weighted by Gasteiger charge is -2.24. The van der Waals surface area contributed by atoms with E-state index in [-0.39, 0.29) is 16.9 Å². The number of hydrogen-bond acceptors (Lipinski definition) is 4. The van der Waals surface area contributed by atoms with Crippen molar-refractivity contribution >= 4 is 27.5 Å². The summed E-state index contributed by atoms with van der Waals surface area (Å²) < 4.78 is 32.4. The van der Waals surface area contributed by atoms with Crippen LogP contribution in [-0.4, -0.2) is 50.5 Å². The van der Waals surface area contributed by atoms with E-state index in [1.165, 1.54) is 28.6 Å². The SMILES string of the molecule is O=C(NCC1CCCO1)C1CCCN1S(=O)(=O)c1ccc(Cl)cc1. The van der Waals surface area contributed by atoms with Crippen LogP contribution in [0.2, 0.25) is 5.02 Å². The summed E-state index contributed by atoms with van der Waals surface area (Å²) in [5.41, 5.74) is 0. The molecule has 0 spiro atoms. The lowest BCUT2D eigenvalue weighted by atomic mass is 10.2. The molecule has 2 fully saturated rings. The lowest BCUT2D eigenvalue weighted by molar-refractivity contribution is -0.124. The standard InChI is InChI=1S/C16H21ClN2O4S/c17-12-5-7-14(8-6-12)24(21,22)19-9-1-4-15(19)16(20)18-11-13-3-2-10-23-13/h5-8,13,15H,1-4,9-11H2,(H,18,20). The summed E-state index contributed by atoms with van der Waals surface area (Å²) in [5, 5.41) is 3.31. The molecule has 2 heterocycles. The molecule has 2 aliphatic rings. The van der Waals surface area contributed by atoms with Gasteiger partial charge in [-0.15, -0.1) is 0 Å². The number of hydrogen-bond donors (Lipinski definition) is 1. The second-order valence-electron chi connectivity index (χ2n) is 6.11. The van der Waals surface area contributed by atoms with Gasteiger partial charge in [-0.25, -0.2) is 8.42 Å². The quantitative estimate of drug-likeness (QED) is 0.855. The zero-order chi connectivity index (χ0) is 17.2. The van der Waals surface area contributed by atoms with Crippen LogP contribution >= 0.6 is 11.6 Å². The minimum Gasteiger partial charge on any atom is -0.376 e. The highest BCUT2D eigenvalue weighted by Gasteiger charge is 2.39. The minimum absolute atomic E-state index is 0.0386. The first-order chi connectivity index (χ1) is 11.5. The Morgan fingerprint density at radius 2 is 2.00 bits per heavy atom. The molecule has 6 nitrogen and oxygen atoms in total. The number of nitrogens with one attached hydrogen (secondary N) is 1. The van der Waals surface area contributed by atoms with Crippen molar-refractivity contribution in [2.75, 3.05) is 19.7 Å². The molecular formula is C16H21ClN2O4S. The Morgan fingerprint density at radius 1 is 1.25 bits per heavy atom. The van der Waals surface area contributed by atoms with Gasteiger partial charge in [-0.05, 0) is 49.9 Å². The van der Waals surface area contributed by atoms with Crippen LogP contribution < -0.4 is 5.32 Å². The topological polar surface area (TPSA) is 75.7 Å². The number of sulfonamides is 1. The van der Waals surface area contributed by atoms with Crippen LogP contribution in [0.25, 0.3) is 0 Å². The summed E-state index contributed by atoms with van der Waals surface area (Å²) in [4.78, 5) is 12.6. The Bertz CT molecular complexity index is 687. The fourth-order valence-electron chi connectivity index (χ4n) is 3.17. The van der Waals surface area contributed by atoms with E-state index < -0.39 is 16.1 Å². The maximum atomic E-state index is 12.8. The molecule has 132 valence electrons. The molecule has 8 heteroatoms. The van der Waals surface area contributed by atoms with Crippen molar-refractivity contribution in [2.24, 2.45) is 0 Å². The van der Waals surface area contributed by atoms with E-state index in [0.29, 0.717) is 31.0 Å². The predicted octanol–water partition coefficient (Wildman–Crippen LogP) is 1.79. The van der Waals surface area contributed by atoms with Gasteiger partial charge in [0.2, 0.25) is 15.9 Å². The van der Waals surface area contributed by atoms with Gasteiger partial charge >= 0.3 is 0 Å². The highest BCUT2D eigenvalue weighted by atomic mass is 35.5. The van der Waals surface area contributed by atoms with E-state index in [2.05, 4.69) is 5.32 Å². The monoisotopic (exact) mass is 372 g/mol. The van der Waals surface area contributed by atoms with E-state index in [4.69, 9.17) is 16.3 Å². The average molecular weight is 373 g/mol. The third kappa shape index (κ3) is 3.74. The van der Waals surface area contributed by atoms with Gasteiger partial charge in [0.15, 0.2) is 0 Å². The van der Waals surface area contributed by atoms with Gasteiger partial charge in [-0.2, -0.15) is 4.31 Å². The highest BCUT2D eigenvalue weighted by Crippen LogP contribution is 2.27. The smallest absolute Gasteiger partial charge is 0.243 e. The molecule has 2 aliphatic heterocycles. The van der Waals surface area contributed by atoms with Gasteiger partial charge in [0.25, 0.3) is 0 Å². The number of carbonyl (C=O) groups is 1. The molecule has 2 unspecified atom stereocenters. The molecule has 3 rings (SSSR count). The first-order valence-electron chi connectivity index (χ1n) is 8.15. The Kier molecular flexibility index (Phi) is 5.44. The number of amides is 1. The van der Waals surface area contributed by atoms with E-state index in [1.54, 1.807) is 0 Å². The normalized spacial score (nSPS) is 25.0. The third-order valence-electron chi connectivity index (χ3n) is 4.45. The van der Waals surface area contributed by atoms with Crippen molar-refractivity contribution in [1.82, 2.24) is 9.62 Å². The summed E-state index contributed by atoms with van der Waals surface area (Å²) in [5.74, 6) is -0.250. The maximum absolute atomic E-state index is 12.8. The van der Waals surface area contributed by atoms with Crippen LogP contribution in [0.3, 0.4) is 0 Å². The van der Waals surface area contributed by atoms with Gasteiger partial charge in [0.1, 0.15) is 6.04 Å². The number of halogens is 1. The summed E-state index contributed by atoms with van der Waals surface area (Å²) in [7, 11) is -3.70. The zero-order valence-corrected chi connectivity index (χ0v) is 14.9. The van der Waals surface area contributed by atoms with Crippen molar-refractivity contribution in [1.29, 1.82) is 0 Å². The van der Waals surface area contributed by atoms with Crippen molar-refractivity contribution in [2.45, 2.75) is 42.7 Å². The van der Waals surface area contributed by atoms with Crippen LogP contribution in [-0.2, 0) is 19.6 Å². The Balaban J connectivity index is 1.69. The number of benzene rings is 1. The summed E-state index contributed by atoms with van der Waals surface area (Å²) in [6, 6.07) is 5.36. The summed E-state index contributed by atoms with van der Waals surface area (Å²) >= 11 is 5.82. The lowest BCUT2D eigenvalue weighted by Crippen LogP contribution is -2.47. The fraction of sp³-hybridized carbons (Fsp3) is 0.562. The molecule has 0 bridgehead atoms. The number of carbonyl (C=O) groups excluding carboxylic acids is 1. The Morgan fingerprint density at radius 3 is 2.67 bits per heavy atom. The molecule has 0 aliphatic carbocycles. The number of rotatable bonds is 5.